The quantitative estimate of drug-likeness (QED) is 0.848. The van der Waals surface area contributed by atoms with E-state index >= 15 is 0 Å². The molecule has 0 atom stereocenters. The van der Waals surface area contributed by atoms with Crippen LogP contribution in [0.15, 0.2) is 24.3 Å². The molecular formula is C17H23NO3. The fourth-order valence-electron chi connectivity index (χ4n) is 2.76. The molecule has 21 heavy (non-hydrogen) atoms. The standard InChI is InChI=1S/C17H23NO3/c1-21-17(20)15-9-7-13(8-10-15)11-12-18-16(19)14-5-3-2-4-6-14/h7-10,14H,2-6,11-12H2,1H3,(H,18,19). The summed E-state index contributed by atoms with van der Waals surface area (Å²) in [7, 11) is 1.37. The molecule has 4 heteroatoms. The minimum Gasteiger partial charge on any atom is -0.465 e. The van der Waals surface area contributed by atoms with Gasteiger partial charge in [-0.3, -0.25) is 4.79 Å². The first-order chi connectivity index (χ1) is 10.2. The van der Waals surface area contributed by atoms with Crippen molar-refractivity contribution in [3.05, 3.63) is 35.4 Å². The van der Waals surface area contributed by atoms with Crippen LogP contribution in [0.5, 0.6) is 0 Å². The maximum absolute atomic E-state index is 12.0. The zero-order valence-corrected chi connectivity index (χ0v) is 12.6. The summed E-state index contributed by atoms with van der Waals surface area (Å²) in [4.78, 5) is 23.3. The van der Waals surface area contributed by atoms with Gasteiger partial charge in [-0.2, -0.15) is 0 Å². The van der Waals surface area contributed by atoms with Crippen molar-refractivity contribution in [1.29, 1.82) is 0 Å². The van der Waals surface area contributed by atoms with E-state index in [0.717, 1.165) is 24.8 Å². The topological polar surface area (TPSA) is 55.4 Å². The number of hydrogen-bond donors (Lipinski definition) is 1. The number of methoxy groups -OCH3 is 1. The Bertz CT molecular complexity index is 475. The van der Waals surface area contributed by atoms with Gasteiger partial charge in [-0.25, -0.2) is 4.79 Å². The second-order valence-corrected chi connectivity index (χ2v) is 5.56. The Balaban J connectivity index is 1.75. The van der Waals surface area contributed by atoms with Gasteiger partial charge in [0, 0.05) is 12.5 Å². The minimum absolute atomic E-state index is 0.195. The number of hydrogen-bond acceptors (Lipinski definition) is 3. The molecule has 1 N–H and O–H groups in total. The molecule has 0 unspecified atom stereocenters. The molecule has 4 nitrogen and oxygen atoms in total. The molecule has 0 saturated heterocycles. The monoisotopic (exact) mass is 289 g/mol. The second-order valence-electron chi connectivity index (χ2n) is 5.56. The number of rotatable bonds is 5. The van der Waals surface area contributed by atoms with E-state index in [0.29, 0.717) is 12.1 Å². The molecule has 0 radical (unpaired) electrons. The summed E-state index contributed by atoms with van der Waals surface area (Å²) in [5, 5.41) is 3.02. The summed E-state index contributed by atoms with van der Waals surface area (Å²) in [5.41, 5.74) is 1.65. The molecule has 1 aliphatic carbocycles. The Kier molecular flexibility index (Phi) is 5.78. The summed E-state index contributed by atoms with van der Waals surface area (Å²) >= 11 is 0. The first-order valence-electron chi connectivity index (χ1n) is 7.65. The molecule has 1 aromatic carbocycles. The Morgan fingerprint density at radius 3 is 2.43 bits per heavy atom. The highest BCUT2D eigenvalue weighted by molar-refractivity contribution is 5.89. The summed E-state index contributed by atoms with van der Waals surface area (Å²) in [6.45, 7) is 0.646. The van der Waals surface area contributed by atoms with Crippen molar-refractivity contribution >= 4 is 11.9 Å². The number of carbonyl (C=O) groups is 2. The van der Waals surface area contributed by atoms with Gasteiger partial charge >= 0.3 is 5.97 Å². The lowest BCUT2D eigenvalue weighted by Gasteiger charge is -2.20. The smallest absolute Gasteiger partial charge is 0.337 e. The number of amides is 1. The van der Waals surface area contributed by atoms with Gasteiger partial charge in [0.2, 0.25) is 5.91 Å². The Hall–Kier alpha value is -1.84. The molecule has 2 rings (SSSR count). The van der Waals surface area contributed by atoms with Gasteiger partial charge in [0.1, 0.15) is 0 Å². The maximum atomic E-state index is 12.0. The fourth-order valence-corrected chi connectivity index (χ4v) is 2.76. The molecule has 1 saturated carbocycles. The molecule has 1 fully saturated rings. The van der Waals surface area contributed by atoms with E-state index in [1.807, 2.05) is 12.1 Å². The summed E-state index contributed by atoms with van der Waals surface area (Å²) < 4.78 is 4.66. The van der Waals surface area contributed by atoms with Crippen molar-refractivity contribution < 1.29 is 14.3 Å². The van der Waals surface area contributed by atoms with Gasteiger partial charge in [-0.15, -0.1) is 0 Å². The summed E-state index contributed by atoms with van der Waals surface area (Å²) in [6.07, 6.45) is 6.44. The van der Waals surface area contributed by atoms with Crippen LogP contribution in [0.2, 0.25) is 0 Å². The zero-order valence-electron chi connectivity index (χ0n) is 12.6. The lowest BCUT2D eigenvalue weighted by molar-refractivity contribution is -0.125. The third kappa shape index (κ3) is 4.59. The predicted molar refractivity (Wildman–Crippen MR) is 81.1 cm³/mol. The fraction of sp³-hybridized carbons (Fsp3) is 0.529. The van der Waals surface area contributed by atoms with E-state index in [4.69, 9.17) is 0 Å². The van der Waals surface area contributed by atoms with Gasteiger partial charge < -0.3 is 10.1 Å². The Morgan fingerprint density at radius 1 is 1.14 bits per heavy atom. The van der Waals surface area contributed by atoms with Crippen molar-refractivity contribution in [2.75, 3.05) is 13.7 Å². The van der Waals surface area contributed by atoms with Crippen molar-refractivity contribution in [2.45, 2.75) is 38.5 Å². The van der Waals surface area contributed by atoms with E-state index in [1.54, 1.807) is 12.1 Å². The molecule has 0 spiro atoms. The van der Waals surface area contributed by atoms with Crippen LogP contribution in [0.3, 0.4) is 0 Å². The lowest BCUT2D eigenvalue weighted by Crippen LogP contribution is -2.33. The molecule has 114 valence electrons. The second kappa shape index (κ2) is 7.81. The molecular weight excluding hydrogens is 266 g/mol. The minimum atomic E-state index is -0.327. The van der Waals surface area contributed by atoms with Gasteiger partial charge in [0.05, 0.1) is 12.7 Å². The highest BCUT2D eigenvalue weighted by Crippen LogP contribution is 2.23. The molecule has 0 heterocycles. The number of nitrogens with one attached hydrogen (secondary N) is 1. The highest BCUT2D eigenvalue weighted by Gasteiger charge is 2.20. The van der Waals surface area contributed by atoms with Crippen LogP contribution in [0.1, 0.15) is 48.0 Å². The molecule has 1 amide bonds. The van der Waals surface area contributed by atoms with Gasteiger partial charge in [0.25, 0.3) is 0 Å². The van der Waals surface area contributed by atoms with Crippen molar-refractivity contribution in [2.24, 2.45) is 5.92 Å². The van der Waals surface area contributed by atoms with Crippen LogP contribution in [0.25, 0.3) is 0 Å². The van der Waals surface area contributed by atoms with Crippen LogP contribution in [-0.2, 0) is 16.0 Å². The first-order valence-corrected chi connectivity index (χ1v) is 7.65. The van der Waals surface area contributed by atoms with Crippen LogP contribution >= 0.6 is 0 Å². The first kappa shape index (κ1) is 15.5. The molecule has 1 aliphatic rings. The predicted octanol–water partition coefficient (Wildman–Crippen LogP) is 2.71. The SMILES string of the molecule is COC(=O)c1ccc(CCNC(=O)C2CCCCC2)cc1. The van der Waals surface area contributed by atoms with Crippen molar-refractivity contribution in [1.82, 2.24) is 5.32 Å². The van der Waals surface area contributed by atoms with Crippen LogP contribution in [0.4, 0.5) is 0 Å². The summed E-state index contributed by atoms with van der Waals surface area (Å²) in [6, 6.07) is 7.31. The molecule has 0 aliphatic heterocycles. The van der Waals surface area contributed by atoms with Crippen LogP contribution < -0.4 is 5.32 Å². The Labute approximate surface area is 125 Å². The van der Waals surface area contributed by atoms with Gasteiger partial charge in [0.15, 0.2) is 0 Å². The number of esters is 1. The molecule has 1 aromatic rings. The zero-order chi connectivity index (χ0) is 15.1. The van der Waals surface area contributed by atoms with E-state index in [2.05, 4.69) is 10.1 Å². The third-order valence-electron chi connectivity index (χ3n) is 4.06. The number of benzene rings is 1. The normalized spacial score (nSPS) is 15.5. The summed E-state index contributed by atoms with van der Waals surface area (Å²) in [5.74, 6) is 0.0773. The van der Waals surface area contributed by atoms with Crippen LogP contribution in [-0.4, -0.2) is 25.5 Å². The van der Waals surface area contributed by atoms with E-state index in [1.165, 1.54) is 26.4 Å². The largest absolute Gasteiger partial charge is 0.465 e. The van der Waals surface area contributed by atoms with E-state index < -0.39 is 0 Å². The average molecular weight is 289 g/mol. The molecule has 0 aromatic heterocycles. The number of carbonyl (C=O) groups excluding carboxylic acids is 2. The molecule has 0 bridgehead atoms. The highest BCUT2D eigenvalue weighted by atomic mass is 16.5. The third-order valence-corrected chi connectivity index (χ3v) is 4.06. The van der Waals surface area contributed by atoms with Gasteiger partial charge in [-0.05, 0) is 37.0 Å². The Morgan fingerprint density at radius 2 is 1.81 bits per heavy atom. The van der Waals surface area contributed by atoms with E-state index in [9.17, 15) is 9.59 Å². The lowest BCUT2D eigenvalue weighted by atomic mass is 9.88. The van der Waals surface area contributed by atoms with Gasteiger partial charge in [-0.1, -0.05) is 31.4 Å². The number of ether oxygens (including phenoxy) is 1. The van der Waals surface area contributed by atoms with Crippen molar-refractivity contribution in [3.63, 3.8) is 0 Å². The van der Waals surface area contributed by atoms with E-state index in [-0.39, 0.29) is 17.8 Å². The average Bonchev–Trinajstić information content (AvgIpc) is 2.55. The van der Waals surface area contributed by atoms with Crippen LogP contribution in [0, 0.1) is 5.92 Å². The maximum Gasteiger partial charge on any atom is 0.337 e. The van der Waals surface area contributed by atoms with Crippen molar-refractivity contribution in [3.8, 4) is 0 Å².